The summed E-state index contributed by atoms with van der Waals surface area (Å²) >= 11 is 0. The van der Waals surface area contributed by atoms with Crippen LogP contribution in [0.1, 0.15) is 78.5 Å². The molecule has 2 saturated carbocycles. The summed E-state index contributed by atoms with van der Waals surface area (Å²) in [4.78, 5) is 28.1. The van der Waals surface area contributed by atoms with Gasteiger partial charge in [0, 0.05) is 12.3 Å². The van der Waals surface area contributed by atoms with Gasteiger partial charge in [-0.25, -0.2) is 4.79 Å². The molecule has 1 heterocycles. The third kappa shape index (κ3) is 3.86. The average molecular weight is 369 g/mol. The number of aryl methyl sites for hydroxylation is 1. The largest absolute Gasteiger partial charge is 0.478 e. The van der Waals surface area contributed by atoms with Gasteiger partial charge in [0.05, 0.1) is 5.56 Å². The topological polar surface area (TPSA) is 105 Å². The Morgan fingerprint density at radius 3 is 2.52 bits per heavy atom. The van der Waals surface area contributed by atoms with E-state index in [0.29, 0.717) is 30.5 Å². The number of nitrogens with one attached hydrogen (secondary N) is 1. The van der Waals surface area contributed by atoms with Gasteiger partial charge >= 0.3 is 5.97 Å². The van der Waals surface area contributed by atoms with Crippen molar-refractivity contribution in [1.29, 1.82) is 0 Å². The molecule has 4 rings (SSSR count). The molecule has 2 aliphatic rings. The summed E-state index contributed by atoms with van der Waals surface area (Å²) in [6.45, 7) is 0. The first-order valence-electron chi connectivity index (χ1n) is 9.53. The zero-order chi connectivity index (χ0) is 18.9. The fourth-order valence-corrected chi connectivity index (χ4v) is 3.71. The van der Waals surface area contributed by atoms with E-state index < -0.39 is 11.5 Å². The molecule has 2 N–H and O–H groups in total. The summed E-state index contributed by atoms with van der Waals surface area (Å²) in [5.74, 6) is 0.712. The molecular weight excluding hydrogens is 346 g/mol. The number of aromatic carboxylic acids is 1. The SMILES string of the molecule is O=C(CCc1ccc(C(=O)O)cc1)NC1(c2noc(C3CC3)n2)CCCC1. The lowest BCUT2D eigenvalue weighted by atomic mass is 9.96. The summed E-state index contributed by atoms with van der Waals surface area (Å²) in [6, 6.07) is 6.63. The number of benzene rings is 1. The number of rotatable bonds is 7. The molecule has 0 aliphatic heterocycles. The highest BCUT2D eigenvalue weighted by molar-refractivity contribution is 5.87. The van der Waals surface area contributed by atoms with Gasteiger partial charge in [-0.15, -0.1) is 0 Å². The van der Waals surface area contributed by atoms with E-state index in [2.05, 4.69) is 15.5 Å². The highest BCUT2D eigenvalue weighted by Crippen LogP contribution is 2.42. The minimum absolute atomic E-state index is 0.0445. The molecule has 7 nitrogen and oxygen atoms in total. The van der Waals surface area contributed by atoms with E-state index in [4.69, 9.17) is 9.63 Å². The molecule has 1 aromatic carbocycles. The van der Waals surface area contributed by atoms with Gasteiger partial charge < -0.3 is 14.9 Å². The van der Waals surface area contributed by atoms with Gasteiger partial charge in [-0.05, 0) is 49.8 Å². The lowest BCUT2D eigenvalue weighted by Gasteiger charge is -2.26. The van der Waals surface area contributed by atoms with Crippen LogP contribution in [0, 0.1) is 0 Å². The van der Waals surface area contributed by atoms with E-state index in [9.17, 15) is 9.59 Å². The standard InChI is InChI=1S/C20H23N3O4/c24-16(10-5-13-3-6-15(7-4-13)18(25)26)22-20(11-1-2-12-20)19-21-17(27-23-19)14-8-9-14/h3-4,6-7,14H,1-2,5,8-12H2,(H,22,24)(H,25,26). The van der Waals surface area contributed by atoms with Crippen LogP contribution in [-0.4, -0.2) is 27.1 Å². The molecule has 2 fully saturated rings. The maximum Gasteiger partial charge on any atom is 0.335 e. The number of carboxylic acids is 1. The number of amides is 1. The summed E-state index contributed by atoms with van der Waals surface area (Å²) in [7, 11) is 0. The molecule has 27 heavy (non-hydrogen) atoms. The van der Waals surface area contributed by atoms with E-state index in [1.54, 1.807) is 24.3 Å². The van der Waals surface area contributed by atoms with Crippen LogP contribution in [0.2, 0.25) is 0 Å². The first-order valence-corrected chi connectivity index (χ1v) is 9.53. The average Bonchev–Trinajstić information content (AvgIpc) is 3.19. The van der Waals surface area contributed by atoms with Crippen LogP contribution in [-0.2, 0) is 16.8 Å². The van der Waals surface area contributed by atoms with Crippen LogP contribution in [0.3, 0.4) is 0 Å². The van der Waals surface area contributed by atoms with Gasteiger partial charge in [0.15, 0.2) is 5.82 Å². The van der Waals surface area contributed by atoms with Crippen molar-refractivity contribution < 1.29 is 19.2 Å². The van der Waals surface area contributed by atoms with Gasteiger partial charge in [0.2, 0.25) is 11.8 Å². The van der Waals surface area contributed by atoms with Crippen LogP contribution in [0.25, 0.3) is 0 Å². The molecule has 0 unspecified atom stereocenters. The summed E-state index contributed by atoms with van der Waals surface area (Å²) in [5.41, 5.74) is 0.670. The number of carbonyl (C=O) groups excluding carboxylic acids is 1. The molecule has 7 heteroatoms. The molecular formula is C20H23N3O4. The molecule has 2 aromatic rings. The first kappa shape index (κ1) is 17.7. The van der Waals surface area contributed by atoms with Crippen LogP contribution < -0.4 is 5.32 Å². The van der Waals surface area contributed by atoms with Gasteiger partial charge in [0.1, 0.15) is 5.54 Å². The maximum atomic E-state index is 12.6. The minimum Gasteiger partial charge on any atom is -0.478 e. The Kier molecular flexibility index (Phi) is 4.68. The Balaban J connectivity index is 1.39. The molecule has 0 bridgehead atoms. The molecule has 142 valence electrons. The molecule has 1 amide bonds. The second-order valence-corrected chi connectivity index (χ2v) is 7.57. The number of nitrogens with zero attached hydrogens (tertiary/aromatic N) is 2. The Hall–Kier alpha value is -2.70. The molecule has 2 aliphatic carbocycles. The van der Waals surface area contributed by atoms with E-state index >= 15 is 0 Å². The lowest BCUT2D eigenvalue weighted by molar-refractivity contribution is -0.123. The van der Waals surface area contributed by atoms with Crippen molar-refractivity contribution in [3.63, 3.8) is 0 Å². The number of aromatic nitrogens is 2. The Labute approximate surface area is 157 Å². The van der Waals surface area contributed by atoms with Gasteiger partial charge in [0.25, 0.3) is 0 Å². The number of hydrogen-bond acceptors (Lipinski definition) is 5. The summed E-state index contributed by atoms with van der Waals surface area (Å²) < 4.78 is 5.41. The third-order valence-corrected chi connectivity index (χ3v) is 5.47. The third-order valence-electron chi connectivity index (χ3n) is 5.47. The number of carboxylic acid groups (broad SMARTS) is 1. The summed E-state index contributed by atoms with van der Waals surface area (Å²) in [6.07, 6.45) is 6.81. The van der Waals surface area contributed by atoms with Crippen molar-refractivity contribution in [3.8, 4) is 0 Å². The van der Waals surface area contributed by atoms with Gasteiger partial charge in [-0.2, -0.15) is 4.98 Å². The van der Waals surface area contributed by atoms with Crippen LogP contribution in [0.15, 0.2) is 28.8 Å². The smallest absolute Gasteiger partial charge is 0.335 e. The number of carbonyl (C=O) groups is 2. The van der Waals surface area contributed by atoms with Crippen molar-refractivity contribution in [2.75, 3.05) is 0 Å². The predicted molar refractivity (Wildman–Crippen MR) is 96.3 cm³/mol. The maximum absolute atomic E-state index is 12.6. The van der Waals surface area contributed by atoms with Crippen molar-refractivity contribution in [3.05, 3.63) is 47.1 Å². The van der Waals surface area contributed by atoms with Crippen LogP contribution >= 0.6 is 0 Å². The molecule has 0 atom stereocenters. The predicted octanol–water partition coefficient (Wildman–Crippen LogP) is 3.16. The van der Waals surface area contributed by atoms with Crippen molar-refractivity contribution in [1.82, 2.24) is 15.5 Å². The fraction of sp³-hybridized carbons (Fsp3) is 0.500. The van der Waals surface area contributed by atoms with E-state index in [1.807, 2.05) is 0 Å². The minimum atomic E-state index is -0.951. The molecule has 1 aromatic heterocycles. The lowest BCUT2D eigenvalue weighted by Crippen LogP contribution is -2.44. The van der Waals surface area contributed by atoms with Crippen LogP contribution in [0.5, 0.6) is 0 Å². The van der Waals surface area contributed by atoms with E-state index in [-0.39, 0.29) is 11.5 Å². The monoisotopic (exact) mass is 369 g/mol. The molecule has 0 spiro atoms. The van der Waals surface area contributed by atoms with Gasteiger partial charge in [-0.3, -0.25) is 4.79 Å². The van der Waals surface area contributed by atoms with E-state index in [0.717, 1.165) is 44.1 Å². The van der Waals surface area contributed by atoms with Crippen molar-refractivity contribution in [2.45, 2.75) is 62.8 Å². The summed E-state index contributed by atoms with van der Waals surface area (Å²) in [5, 5.41) is 16.3. The highest BCUT2D eigenvalue weighted by atomic mass is 16.5. The second-order valence-electron chi connectivity index (χ2n) is 7.57. The quantitative estimate of drug-likeness (QED) is 0.777. The zero-order valence-electron chi connectivity index (χ0n) is 15.1. The first-order chi connectivity index (χ1) is 13.1. The Bertz CT molecular complexity index is 833. The van der Waals surface area contributed by atoms with Crippen molar-refractivity contribution in [2.24, 2.45) is 0 Å². The number of hydrogen-bond donors (Lipinski definition) is 2. The van der Waals surface area contributed by atoms with Gasteiger partial charge in [-0.1, -0.05) is 30.1 Å². The normalized spacial score (nSPS) is 18.4. The highest BCUT2D eigenvalue weighted by Gasteiger charge is 2.42. The Morgan fingerprint density at radius 2 is 1.89 bits per heavy atom. The second kappa shape index (κ2) is 7.13. The molecule has 0 saturated heterocycles. The zero-order valence-corrected chi connectivity index (χ0v) is 15.1. The van der Waals surface area contributed by atoms with E-state index in [1.165, 1.54) is 0 Å². The fourth-order valence-electron chi connectivity index (χ4n) is 3.71. The van der Waals surface area contributed by atoms with Crippen LogP contribution in [0.4, 0.5) is 0 Å². The Morgan fingerprint density at radius 1 is 1.19 bits per heavy atom. The molecule has 0 radical (unpaired) electrons. The van der Waals surface area contributed by atoms with Crippen molar-refractivity contribution >= 4 is 11.9 Å².